The van der Waals surface area contributed by atoms with Crippen molar-refractivity contribution in [3.05, 3.63) is 50.0 Å². The van der Waals surface area contributed by atoms with Crippen LogP contribution in [-0.2, 0) is 16.0 Å². The van der Waals surface area contributed by atoms with Crippen molar-refractivity contribution in [3.8, 4) is 5.75 Å². The van der Waals surface area contributed by atoms with Crippen LogP contribution >= 0.6 is 0 Å². The number of aromatic hydroxyl groups is 1. The number of benzene rings is 1. The largest absolute Gasteiger partial charge is 0.510 e. The minimum absolute atomic E-state index is 0.102. The number of aliphatic hydroxyl groups excluding tert-OH is 2. The molecule has 1 aromatic rings. The number of nitrogens with two attached hydrogens (primary N) is 2. The number of nitro benzene ring substituents is 1. The van der Waals surface area contributed by atoms with Gasteiger partial charge in [-0.3, -0.25) is 29.4 Å². The van der Waals surface area contributed by atoms with Gasteiger partial charge < -0.3 is 31.9 Å². The second-order valence-corrected chi connectivity index (χ2v) is 8.91. The summed E-state index contributed by atoms with van der Waals surface area (Å²) in [7, 11) is 3.00. The van der Waals surface area contributed by atoms with E-state index in [0.717, 1.165) is 6.07 Å². The molecule has 180 valence electrons. The molecule has 0 aromatic heterocycles. The lowest BCUT2D eigenvalue weighted by Gasteiger charge is -2.50. The molecule has 3 aliphatic carbocycles. The van der Waals surface area contributed by atoms with E-state index >= 15 is 0 Å². The van der Waals surface area contributed by atoms with Crippen LogP contribution in [0.1, 0.15) is 22.3 Å². The van der Waals surface area contributed by atoms with Crippen molar-refractivity contribution in [2.24, 2.45) is 17.6 Å². The SMILES string of the molecule is CN(C)[C@@H]1C(O)=C(C(N)=O)C(=O)[C@@]2(O)C(O)=C3C(=O)c4c(O)c(N)cc([N+](=O)[O-])c4CC3CC12. The summed E-state index contributed by atoms with van der Waals surface area (Å²) in [6.07, 6.45) is -0.368. The van der Waals surface area contributed by atoms with Gasteiger partial charge in [-0.25, -0.2) is 0 Å². The highest BCUT2D eigenvalue weighted by atomic mass is 16.6. The minimum atomic E-state index is -2.79. The summed E-state index contributed by atoms with van der Waals surface area (Å²) >= 11 is 0. The average Bonchev–Trinajstić information content (AvgIpc) is 2.72. The lowest BCUT2D eigenvalue weighted by atomic mass is 9.58. The Labute approximate surface area is 191 Å². The van der Waals surface area contributed by atoms with E-state index in [1.54, 1.807) is 0 Å². The molecule has 0 radical (unpaired) electrons. The molecule has 0 aliphatic heterocycles. The number of Topliss-reactive ketones (excluding diaryl/α,β-unsaturated/α-hetero) is 2. The zero-order valence-electron chi connectivity index (χ0n) is 18.1. The minimum Gasteiger partial charge on any atom is -0.510 e. The van der Waals surface area contributed by atoms with Crippen LogP contribution in [0, 0.1) is 22.0 Å². The Balaban J connectivity index is 2.00. The van der Waals surface area contributed by atoms with E-state index in [2.05, 4.69) is 0 Å². The van der Waals surface area contributed by atoms with Gasteiger partial charge in [-0.05, 0) is 32.9 Å². The normalized spacial score (nSPS) is 28.5. The first-order valence-corrected chi connectivity index (χ1v) is 10.2. The third kappa shape index (κ3) is 2.77. The van der Waals surface area contributed by atoms with Crippen molar-refractivity contribution >= 4 is 28.8 Å². The number of primary amides is 1. The molecule has 0 spiro atoms. The van der Waals surface area contributed by atoms with Crippen molar-refractivity contribution in [2.75, 3.05) is 19.8 Å². The Hall–Kier alpha value is -3.97. The van der Waals surface area contributed by atoms with Gasteiger partial charge >= 0.3 is 0 Å². The number of ketones is 2. The van der Waals surface area contributed by atoms with Gasteiger partial charge in [0.25, 0.3) is 11.6 Å². The predicted molar refractivity (Wildman–Crippen MR) is 115 cm³/mol. The van der Waals surface area contributed by atoms with E-state index in [0.29, 0.717) is 0 Å². The van der Waals surface area contributed by atoms with E-state index < -0.39 is 91.2 Å². The number of aliphatic hydroxyl groups is 3. The third-order valence-electron chi connectivity index (χ3n) is 6.93. The number of nitrogen functional groups attached to an aromatic ring is 1. The number of nitrogens with zero attached hydrogens (tertiary/aromatic N) is 2. The number of phenolic OH excluding ortho intramolecular Hbond substituents is 1. The second-order valence-electron chi connectivity index (χ2n) is 8.91. The molecule has 4 rings (SSSR count). The quantitative estimate of drug-likeness (QED) is 0.109. The molecule has 4 atom stereocenters. The number of rotatable bonds is 3. The lowest BCUT2D eigenvalue weighted by molar-refractivity contribution is -0.385. The zero-order chi connectivity index (χ0) is 25.4. The molecule has 2 unspecified atom stereocenters. The van der Waals surface area contributed by atoms with Crippen LogP contribution in [0.4, 0.5) is 11.4 Å². The highest BCUT2D eigenvalue weighted by molar-refractivity contribution is 6.25. The maximum atomic E-state index is 13.4. The Morgan fingerprint density at radius 3 is 2.41 bits per heavy atom. The first-order chi connectivity index (χ1) is 15.7. The molecule has 3 aliphatic rings. The molecule has 1 aromatic carbocycles. The first kappa shape index (κ1) is 23.2. The monoisotopic (exact) mass is 474 g/mol. The highest BCUT2D eigenvalue weighted by Crippen LogP contribution is 2.53. The van der Waals surface area contributed by atoms with Crippen molar-refractivity contribution < 1.29 is 39.7 Å². The smallest absolute Gasteiger partial charge is 0.275 e. The summed E-state index contributed by atoms with van der Waals surface area (Å²) in [6, 6.07) is -0.226. The number of fused-ring (bicyclic) bond motifs is 3. The van der Waals surface area contributed by atoms with Gasteiger partial charge in [0, 0.05) is 23.1 Å². The summed E-state index contributed by atoms with van der Waals surface area (Å²) in [5, 5.41) is 55.3. The summed E-state index contributed by atoms with van der Waals surface area (Å²) in [6.45, 7) is 0. The van der Waals surface area contributed by atoms with Crippen molar-refractivity contribution in [2.45, 2.75) is 24.5 Å². The van der Waals surface area contributed by atoms with Gasteiger partial charge in [0.05, 0.1) is 22.2 Å². The van der Waals surface area contributed by atoms with Gasteiger partial charge in [0.1, 0.15) is 22.8 Å². The molecule has 34 heavy (non-hydrogen) atoms. The topological polar surface area (TPSA) is 231 Å². The molecule has 8 N–H and O–H groups in total. The number of carbonyl (C=O) groups excluding carboxylic acids is 3. The molecule has 13 heteroatoms. The number of hydrogen-bond donors (Lipinski definition) is 6. The van der Waals surface area contributed by atoms with Crippen LogP contribution in [0.2, 0.25) is 0 Å². The maximum absolute atomic E-state index is 13.4. The van der Waals surface area contributed by atoms with E-state index in [9.17, 15) is 44.9 Å². The summed E-state index contributed by atoms with van der Waals surface area (Å²) < 4.78 is 0. The van der Waals surface area contributed by atoms with Crippen LogP contribution in [0.5, 0.6) is 5.75 Å². The van der Waals surface area contributed by atoms with E-state index in [1.807, 2.05) is 0 Å². The van der Waals surface area contributed by atoms with Crippen molar-refractivity contribution in [1.82, 2.24) is 4.90 Å². The summed E-state index contributed by atoms with van der Waals surface area (Å²) in [5.74, 6) is -8.36. The Bertz CT molecular complexity index is 1270. The molecule has 0 saturated carbocycles. The summed E-state index contributed by atoms with van der Waals surface area (Å²) in [5.41, 5.74) is 5.23. The Morgan fingerprint density at radius 1 is 1.26 bits per heavy atom. The van der Waals surface area contributed by atoms with E-state index in [1.165, 1.54) is 19.0 Å². The number of allylic oxidation sites excluding steroid dienone is 1. The first-order valence-electron chi connectivity index (χ1n) is 10.2. The molecular formula is C21H22N4O9. The second kappa shape index (κ2) is 7.27. The predicted octanol–water partition coefficient (Wildman–Crippen LogP) is -0.389. The molecule has 1 amide bonds. The van der Waals surface area contributed by atoms with Gasteiger partial charge in [-0.15, -0.1) is 0 Å². The van der Waals surface area contributed by atoms with E-state index in [-0.39, 0.29) is 18.4 Å². The Morgan fingerprint density at radius 2 is 1.88 bits per heavy atom. The number of anilines is 1. The molecule has 0 heterocycles. The third-order valence-corrected chi connectivity index (χ3v) is 6.93. The average molecular weight is 474 g/mol. The fourth-order valence-electron chi connectivity index (χ4n) is 5.48. The van der Waals surface area contributed by atoms with Crippen LogP contribution in [-0.4, -0.2) is 73.5 Å². The van der Waals surface area contributed by atoms with Gasteiger partial charge in [0.2, 0.25) is 5.78 Å². The summed E-state index contributed by atoms with van der Waals surface area (Å²) in [4.78, 5) is 50.7. The van der Waals surface area contributed by atoms with Crippen LogP contribution in [0.25, 0.3) is 0 Å². The van der Waals surface area contributed by atoms with Crippen LogP contribution in [0.15, 0.2) is 28.7 Å². The molecule has 0 bridgehead atoms. The zero-order valence-corrected chi connectivity index (χ0v) is 18.1. The number of amides is 1. The molecule has 13 nitrogen and oxygen atoms in total. The van der Waals surface area contributed by atoms with Gasteiger partial charge in [0.15, 0.2) is 11.4 Å². The number of hydrogen-bond acceptors (Lipinski definition) is 11. The van der Waals surface area contributed by atoms with E-state index in [4.69, 9.17) is 11.5 Å². The maximum Gasteiger partial charge on any atom is 0.275 e. The van der Waals surface area contributed by atoms with Crippen LogP contribution in [0.3, 0.4) is 0 Å². The van der Waals surface area contributed by atoms with Crippen LogP contribution < -0.4 is 11.5 Å². The molecule has 0 fully saturated rings. The molecular weight excluding hydrogens is 452 g/mol. The Kier molecular flexibility index (Phi) is 4.96. The fourth-order valence-corrected chi connectivity index (χ4v) is 5.48. The highest BCUT2D eigenvalue weighted by Gasteiger charge is 2.63. The van der Waals surface area contributed by atoms with Gasteiger partial charge in [-0.1, -0.05) is 0 Å². The van der Waals surface area contributed by atoms with Gasteiger partial charge in [-0.2, -0.15) is 0 Å². The van der Waals surface area contributed by atoms with Crippen molar-refractivity contribution in [3.63, 3.8) is 0 Å². The van der Waals surface area contributed by atoms with Crippen molar-refractivity contribution in [1.29, 1.82) is 0 Å². The fraction of sp³-hybridized carbons (Fsp3) is 0.381. The number of likely N-dealkylation sites (N-methyl/N-ethyl adjacent to an activating group) is 1. The number of carbonyl (C=O) groups is 3. The number of nitro groups is 1. The lowest BCUT2D eigenvalue weighted by Crippen LogP contribution is -2.63. The molecule has 0 saturated heterocycles. The standard InChI is InChI=1S/C21H22N4O9/c1-24(2)14-8-4-6-3-7-10(25(33)34)5-9(22)15(26)12(7)16(27)11(6)18(29)21(8,32)19(30)13(17(14)28)20(23)31/h5-6,8,14,26,28-29,32H,3-4,22H2,1-2H3,(H2,23,31)/t6?,8?,14-,21-/m0/s1. The number of phenols is 1.